The van der Waals surface area contributed by atoms with Crippen LogP contribution in [0.2, 0.25) is 0 Å². The van der Waals surface area contributed by atoms with Gasteiger partial charge in [-0.2, -0.15) is 11.8 Å². The van der Waals surface area contributed by atoms with Gasteiger partial charge < -0.3 is 11.1 Å². The van der Waals surface area contributed by atoms with Crippen LogP contribution in [0.15, 0.2) is 18.2 Å². The maximum atomic E-state index is 6.01. The first-order valence-electron chi connectivity index (χ1n) is 6.34. The molecule has 3 heteroatoms. The maximum absolute atomic E-state index is 6.01. The number of hydrogen-bond acceptors (Lipinski definition) is 3. The number of thioether (sulfide) groups is 1. The van der Waals surface area contributed by atoms with E-state index in [0.29, 0.717) is 6.04 Å². The van der Waals surface area contributed by atoms with Crippen molar-refractivity contribution in [3.05, 3.63) is 23.8 Å². The standard InChI is InChI=1S/C14H22N2S/c1-10-6-7-13(15)14(8-10)16-11-4-3-5-12(9-11)17-2/h6-8,11-12,16H,3-5,9,15H2,1-2H3. The molecular weight excluding hydrogens is 228 g/mol. The van der Waals surface area contributed by atoms with Gasteiger partial charge in [0.2, 0.25) is 0 Å². The lowest BCUT2D eigenvalue weighted by molar-refractivity contribution is 0.474. The summed E-state index contributed by atoms with van der Waals surface area (Å²) in [4.78, 5) is 0. The number of nitrogen functional groups attached to an aromatic ring is 1. The summed E-state index contributed by atoms with van der Waals surface area (Å²) in [6.07, 6.45) is 7.44. The van der Waals surface area contributed by atoms with Crippen LogP contribution in [0.3, 0.4) is 0 Å². The van der Waals surface area contributed by atoms with E-state index < -0.39 is 0 Å². The van der Waals surface area contributed by atoms with Crippen molar-refractivity contribution in [2.24, 2.45) is 0 Å². The van der Waals surface area contributed by atoms with E-state index in [1.165, 1.54) is 31.2 Å². The van der Waals surface area contributed by atoms with Crippen molar-refractivity contribution in [1.82, 2.24) is 0 Å². The van der Waals surface area contributed by atoms with Gasteiger partial charge in [0.15, 0.2) is 0 Å². The number of rotatable bonds is 3. The van der Waals surface area contributed by atoms with Crippen LogP contribution >= 0.6 is 11.8 Å². The summed E-state index contributed by atoms with van der Waals surface area (Å²) in [6.45, 7) is 2.11. The van der Waals surface area contributed by atoms with E-state index >= 15 is 0 Å². The molecule has 2 nitrogen and oxygen atoms in total. The zero-order chi connectivity index (χ0) is 12.3. The smallest absolute Gasteiger partial charge is 0.0578 e. The highest BCUT2D eigenvalue weighted by Gasteiger charge is 2.21. The van der Waals surface area contributed by atoms with Crippen LogP contribution in [0, 0.1) is 6.92 Å². The summed E-state index contributed by atoms with van der Waals surface area (Å²) in [6, 6.07) is 6.79. The molecule has 2 atom stereocenters. The lowest BCUT2D eigenvalue weighted by Crippen LogP contribution is -2.28. The Morgan fingerprint density at radius 3 is 2.94 bits per heavy atom. The molecule has 0 heterocycles. The molecular formula is C14H22N2S. The molecule has 1 aromatic rings. The molecule has 0 aliphatic heterocycles. The van der Waals surface area contributed by atoms with Crippen molar-refractivity contribution >= 4 is 23.1 Å². The quantitative estimate of drug-likeness (QED) is 0.804. The van der Waals surface area contributed by atoms with Crippen molar-refractivity contribution in [2.45, 2.75) is 43.9 Å². The third-order valence-electron chi connectivity index (χ3n) is 3.53. The molecule has 0 amide bonds. The van der Waals surface area contributed by atoms with Crippen LogP contribution in [0.5, 0.6) is 0 Å². The molecule has 0 spiro atoms. The van der Waals surface area contributed by atoms with E-state index in [1.54, 1.807) is 0 Å². The van der Waals surface area contributed by atoms with Gasteiger partial charge in [-0.3, -0.25) is 0 Å². The van der Waals surface area contributed by atoms with Crippen molar-refractivity contribution < 1.29 is 0 Å². The average Bonchev–Trinajstić information content (AvgIpc) is 2.34. The molecule has 2 unspecified atom stereocenters. The SMILES string of the molecule is CSC1CCCC(Nc2cc(C)ccc2N)C1. The van der Waals surface area contributed by atoms with E-state index in [4.69, 9.17) is 5.73 Å². The largest absolute Gasteiger partial charge is 0.397 e. The van der Waals surface area contributed by atoms with Crippen molar-refractivity contribution in [3.8, 4) is 0 Å². The second kappa shape index (κ2) is 5.67. The van der Waals surface area contributed by atoms with Gasteiger partial charge in [-0.15, -0.1) is 0 Å². The normalized spacial score (nSPS) is 24.6. The second-order valence-electron chi connectivity index (χ2n) is 4.96. The van der Waals surface area contributed by atoms with Crippen LogP contribution in [-0.4, -0.2) is 17.5 Å². The number of aryl methyl sites for hydroxylation is 1. The molecule has 2 rings (SSSR count). The van der Waals surface area contributed by atoms with Gasteiger partial charge in [-0.1, -0.05) is 12.5 Å². The minimum atomic E-state index is 0.588. The summed E-state index contributed by atoms with van der Waals surface area (Å²) in [5.74, 6) is 0. The monoisotopic (exact) mass is 250 g/mol. The molecule has 1 aliphatic rings. The van der Waals surface area contributed by atoms with Crippen molar-refractivity contribution in [1.29, 1.82) is 0 Å². The predicted octanol–water partition coefficient (Wildman–Crippen LogP) is 3.66. The van der Waals surface area contributed by atoms with Gasteiger partial charge in [-0.05, 0) is 50.1 Å². The zero-order valence-electron chi connectivity index (χ0n) is 10.7. The van der Waals surface area contributed by atoms with Gasteiger partial charge in [0.05, 0.1) is 11.4 Å². The minimum absolute atomic E-state index is 0.588. The molecule has 17 heavy (non-hydrogen) atoms. The Morgan fingerprint density at radius 2 is 2.18 bits per heavy atom. The highest BCUT2D eigenvalue weighted by molar-refractivity contribution is 7.99. The Kier molecular flexibility index (Phi) is 4.21. The van der Waals surface area contributed by atoms with E-state index in [0.717, 1.165) is 16.6 Å². The number of benzene rings is 1. The number of nitrogens with two attached hydrogens (primary N) is 1. The highest BCUT2D eigenvalue weighted by Crippen LogP contribution is 2.30. The van der Waals surface area contributed by atoms with Gasteiger partial charge in [0.25, 0.3) is 0 Å². The molecule has 1 saturated carbocycles. The third kappa shape index (κ3) is 3.32. The molecule has 0 saturated heterocycles. The Hall–Kier alpha value is -0.830. The van der Waals surface area contributed by atoms with Gasteiger partial charge >= 0.3 is 0 Å². The lowest BCUT2D eigenvalue weighted by atomic mass is 9.94. The van der Waals surface area contributed by atoms with Crippen LogP contribution in [-0.2, 0) is 0 Å². The average molecular weight is 250 g/mol. The van der Waals surface area contributed by atoms with Crippen LogP contribution < -0.4 is 11.1 Å². The first kappa shape index (κ1) is 12.6. The second-order valence-corrected chi connectivity index (χ2v) is 6.09. The molecule has 94 valence electrons. The lowest BCUT2D eigenvalue weighted by Gasteiger charge is -2.29. The summed E-state index contributed by atoms with van der Waals surface area (Å²) >= 11 is 2.00. The van der Waals surface area contributed by atoms with Gasteiger partial charge in [-0.25, -0.2) is 0 Å². The molecule has 0 bridgehead atoms. The van der Waals surface area contributed by atoms with Crippen molar-refractivity contribution in [3.63, 3.8) is 0 Å². The Morgan fingerprint density at radius 1 is 1.35 bits per heavy atom. The first-order valence-corrected chi connectivity index (χ1v) is 7.63. The van der Waals surface area contributed by atoms with Crippen molar-refractivity contribution in [2.75, 3.05) is 17.3 Å². The van der Waals surface area contributed by atoms with Crippen LogP contribution in [0.1, 0.15) is 31.2 Å². The molecule has 3 N–H and O–H groups in total. The number of hydrogen-bond donors (Lipinski definition) is 2. The van der Waals surface area contributed by atoms with Crippen LogP contribution in [0.4, 0.5) is 11.4 Å². The predicted molar refractivity (Wildman–Crippen MR) is 78.8 cm³/mol. The molecule has 1 aliphatic carbocycles. The highest BCUT2D eigenvalue weighted by atomic mass is 32.2. The fourth-order valence-electron chi connectivity index (χ4n) is 2.51. The summed E-state index contributed by atoms with van der Waals surface area (Å²) < 4.78 is 0. The van der Waals surface area contributed by atoms with E-state index in [2.05, 4.69) is 30.6 Å². The zero-order valence-corrected chi connectivity index (χ0v) is 11.5. The van der Waals surface area contributed by atoms with E-state index in [9.17, 15) is 0 Å². The third-order valence-corrected chi connectivity index (χ3v) is 4.62. The Balaban J connectivity index is 2.02. The minimum Gasteiger partial charge on any atom is -0.397 e. The topological polar surface area (TPSA) is 38.0 Å². The molecule has 1 fully saturated rings. The Labute approximate surface area is 108 Å². The van der Waals surface area contributed by atoms with Gasteiger partial charge in [0, 0.05) is 11.3 Å². The fourth-order valence-corrected chi connectivity index (χ4v) is 3.33. The van der Waals surface area contributed by atoms with Gasteiger partial charge in [0.1, 0.15) is 0 Å². The number of anilines is 2. The fraction of sp³-hybridized carbons (Fsp3) is 0.571. The summed E-state index contributed by atoms with van der Waals surface area (Å²) in [7, 11) is 0. The molecule has 0 radical (unpaired) electrons. The summed E-state index contributed by atoms with van der Waals surface area (Å²) in [5.41, 5.74) is 9.24. The molecule has 1 aromatic carbocycles. The van der Waals surface area contributed by atoms with E-state index in [-0.39, 0.29) is 0 Å². The Bertz CT molecular complexity index is 378. The van der Waals surface area contributed by atoms with Crippen LogP contribution in [0.25, 0.3) is 0 Å². The summed E-state index contributed by atoms with van der Waals surface area (Å²) in [5, 5.41) is 4.43. The first-order chi connectivity index (χ1) is 8.19. The van der Waals surface area contributed by atoms with E-state index in [1.807, 2.05) is 17.8 Å². The number of nitrogens with one attached hydrogen (secondary N) is 1. The molecule has 0 aromatic heterocycles. The maximum Gasteiger partial charge on any atom is 0.0578 e.